The number of rotatable bonds is 7. The maximum Gasteiger partial charge on any atom is 0.277 e. The fourth-order valence-electron chi connectivity index (χ4n) is 4.74. The Morgan fingerprint density at radius 3 is 1.79 bits per heavy atom. The van der Waals surface area contributed by atoms with Gasteiger partial charge in [-0.2, -0.15) is 5.10 Å². The first-order chi connectivity index (χ1) is 17.1. The van der Waals surface area contributed by atoms with Gasteiger partial charge in [0.25, 0.3) is 5.91 Å². The van der Waals surface area contributed by atoms with E-state index in [4.69, 9.17) is 4.74 Å². The van der Waals surface area contributed by atoms with E-state index in [9.17, 15) is 9.90 Å². The summed E-state index contributed by atoms with van der Waals surface area (Å²) >= 11 is 7.24. The SMILES string of the molecule is CC(C)(C)CC(C)(C)c1cc(Br)c(OCC(=O)N/N=C/c2cc(C(C)(C)C)c(O)c(C(C)(C)C)c2)c(Br)c1. The molecule has 0 aliphatic rings. The first kappa shape index (κ1) is 32.4. The maximum absolute atomic E-state index is 12.5. The zero-order chi connectivity index (χ0) is 29.3. The van der Waals surface area contributed by atoms with Crippen LogP contribution in [0.15, 0.2) is 38.3 Å². The molecule has 2 aromatic rings. The second-order valence-corrected chi connectivity index (χ2v) is 15.6. The number of ether oxygens (including phenoxy) is 1. The normalized spacial score (nSPS) is 13.2. The van der Waals surface area contributed by atoms with Crippen LogP contribution in [0.3, 0.4) is 0 Å². The Balaban J connectivity index is 2.14. The summed E-state index contributed by atoms with van der Waals surface area (Å²) in [7, 11) is 0. The van der Waals surface area contributed by atoms with E-state index in [-0.39, 0.29) is 34.2 Å². The van der Waals surface area contributed by atoms with Crippen molar-refractivity contribution in [1.29, 1.82) is 0 Å². The standard InChI is InChI=1S/C31H44Br2N2O3/c1-28(2,3)18-31(10,11)20-14-23(32)27(24(33)15-20)38-17-25(36)35-34-16-19-12-21(29(4,5)6)26(37)22(13-19)30(7,8)9/h12-16,37H,17-18H2,1-11H3,(H,35,36)/b34-16+. The lowest BCUT2D eigenvalue weighted by molar-refractivity contribution is -0.123. The number of hydrogen-bond acceptors (Lipinski definition) is 4. The van der Waals surface area contributed by atoms with Crippen LogP contribution in [0, 0.1) is 5.41 Å². The average molecular weight is 653 g/mol. The quantitative estimate of drug-likeness (QED) is 0.232. The van der Waals surface area contributed by atoms with Gasteiger partial charge >= 0.3 is 0 Å². The van der Waals surface area contributed by atoms with Crippen molar-refractivity contribution in [2.75, 3.05) is 6.61 Å². The number of benzene rings is 2. The monoisotopic (exact) mass is 650 g/mol. The van der Waals surface area contributed by atoms with Gasteiger partial charge in [0.05, 0.1) is 15.2 Å². The van der Waals surface area contributed by atoms with E-state index in [0.29, 0.717) is 11.5 Å². The summed E-state index contributed by atoms with van der Waals surface area (Å²) in [6.07, 6.45) is 2.62. The third-order valence-electron chi connectivity index (χ3n) is 6.25. The molecule has 2 N–H and O–H groups in total. The minimum Gasteiger partial charge on any atom is -0.507 e. The number of phenolic OH excluding ortho intramolecular Hbond substituents is 1. The highest BCUT2D eigenvalue weighted by molar-refractivity contribution is 9.11. The third kappa shape index (κ3) is 8.84. The Morgan fingerprint density at radius 2 is 1.37 bits per heavy atom. The summed E-state index contributed by atoms with van der Waals surface area (Å²) in [6, 6.07) is 7.94. The van der Waals surface area contributed by atoms with Crippen molar-refractivity contribution in [3.8, 4) is 11.5 Å². The molecule has 0 atom stereocenters. The van der Waals surface area contributed by atoms with E-state index in [2.05, 4.69) is 131 Å². The molecular formula is C31H44Br2N2O3. The van der Waals surface area contributed by atoms with Gasteiger partial charge in [0.1, 0.15) is 11.5 Å². The van der Waals surface area contributed by atoms with Crippen LogP contribution < -0.4 is 10.2 Å². The molecular weight excluding hydrogens is 608 g/mol. The van der Waals surface area contributed by atoms with Gasteiger partial charge in [-0.3, -0.25) is 4.79 Å². The number of carbonyl (C=O) groups is 1. The van der Waals surface area contributed by atoms with Gasteiger partial charge in [-0.15, -0.1) is 0 Å². The van der Waals surface area contributed by atoms with Crippen LogP contribution in [0.5, 0.6) is 11.5 Å². The maximum atomic E-state index is 12.5. The first-order valence-corrected chi connectivity index (χ1v) is 14.5. The molecule has 2 aromatic carbocycles. The molecule has 38 heavy (non-hydrogen) atoms. The van der Waals surface area contributed by atoms with E-state index >= 15 is 0 Å². The highest BCUT2D eigenvalue weighted by atomic mass is 79.9. The summed E-state index contributed by atoms with van der Waals surface area (Å²) in [5.74, 6) is 0.509. The van der Waals surface area contributed by atoms with Crippen LogP contribution in [0.4, 0.5) is 0 Å². The van der Waals surface area contributed by atoms with Gasteiger partial charge in [-0.1, -0.05) is 76.2 Å². The van der Waals surface area contributed by atoms with Crippen molar-refractivity contribution in [2.24, 2.45) is 10.5 Å². The fourth-order valence-corrected chi connectivity index (χ4v) is 6.16. The molecule has 0 radical (unpaired) electrons. The number of halogens is 2. The van der Waals surface area contributed by atoms with Crippen LogP contribution in [0.25, 0.3) is 0 Å². The Kier molecular flexibility index (Phi) is 9.97. The number of amides is 1. The van der Waals surface area contributed by atoms with Crippen molar-refractivity contribution < 1.29 is 14.6 Å². The molecule has 0 bridgehead atoms. The fraction of sp³-hybridized carbons (Fsp3) is 0.548. The molecule has 210 valence electrons. The second-order valence-electron chi connectivity index (χ2n) is 13.9. The van der Waals surface area contributed by atoms with Crippen LogP contribution in [-0.4, -0.2) is 23.8 Å². The number of aromatic hydroxyl groups is 1. The molecule has 1 amide bonds. The number of hydrazone groups is 1. The smallest absolute Gasteiger partial charge is 0.277 e. The van der Waals surface area contributed by atoms with Crippen molar-refractivity contribution in [3.63, 3.8) is 0 Å². The van der Waals surface area contributed by atoms with Gasteiger partial charge in [0.15, 0.2) is 6.61 Å². The van der Waals surface area contributed by atoms with Crippen LogP contribution in [0.1, 0.15) is 105 Å². The van der Waals surface area contributed by atoms with E-state index < -0.39 is 0 Å². The molecule has 0 fully saturated rings. The third-order valence-corrected chi connectivity index (χ3v) is 7.43. The number of hydrogen-bond donors (Lipinski definition) is 2. The molecule has 0 heterocycles. The Bertz CT molecular complexity index is 1140. The lowest BCUT2D eigenvalue weighted by Gasteiger charge is -2.33. The molecule has 0 unspecified atom stereocenters. The predicted octanol–water partition coefficient (Wildman–Crippen LogP) is 8.76. The van der Waals surface area contributed by atoms with Gasteiger partial charge in [0, 0.05) is 11.1 Å². The van der Waals surface area contributed by atoms with E-state index in [1.54, 1.807) is 6.21 Å². The van der Waals surface area contributed by atoms with Crippen LogP contribution in [-0.2, 0) is 21.0 Å². The molecule has 5 nitrogen and oxygen atoms in total. The summed E-state index contributed by atoms with van der Waals surface area (Å²) in [6.45, 7) is 23.4. The van der Waals surface area contributed by atoms with Crippen molar-refractivity contribution in [2.45, 2.75) is 98.8 Å². The molecule has 0 aliphatic carbocycles. The lowest BCUT2D eigenvalue weighted by atomic mass is 9.72. The van der Waals surface area contributed by atoms with Crippen molar-refractivity contribution in [3.05, 3.63) is 55.5 Å². The summed E-state index contributed by atoms with van der Waals surface area (Å²) in [4.78, 5) is 12.5. The van der Waals surface area contributed by atoms with Gasteiger partial charge in [0.2, 0.25) is 0 Å². The molecule has 0 aromatic heterocycles. The topological polar surface area (TPSA) is 70.9 Å². The van der Waals surface area contributed by atoms with E-state index in [1.807, 2.05) is 12.1 Å². The highest BCUT2D eigenvalue weighted by Gasteiger charge is 2.29. The largest absolute Gasteiger partial charge is 0.507 e. The minimum atomic E-state index is -0.372. The highest BCUT2D eigenvalue weighted by Crippen LogP contribution is 2.42. The Labute approximate surface area is 246 Å². The predicted molar refractivity (Wildman–Crippen MR) is 166 cm³/mol. The Morgan fingerprint density at radius 1 is 0.895 bits per heavy atom. The average Bonchev–Trinajstić information content (AvgIpc) is 2.70. The Hall–Kier alpha value is -1.86. The lowest BCUT2D eigenvalue weighted by Crippen LogP contribution is -2.26. The number of carbonyl (C=O) groups excluding carboxylic acids is 1. The summed E-state index contributed by atoms with van der Waals surface area (Å²) in [5.41, 5.74) is 5.88. The molecule has 2 rings (SSSR count). The molecule has 0 saturated carbocycles. The van der Waals surface area contributed by atoms with Gasteiger partial charge in [-0.05, 0) is 95.3 Å². The van der Waals surface area contributed by atoms with Gasteiger partial charge < -0.3 is 9.84 Å². The second kappa shape index (κ2) is 11.7. The first-order valence-electron chi connectivity index (χ1n) is 12.9. The molecule has 0 spiro atoms. The summed E-state index contributed by atoms with van der Waals surface area (Å²) < 4.78 is 7.40. The van der Waals surface area contributed by atoms with E-state index in [1.165, 1.54) is 5.56 Å². The zero-order valence-electron chi connectivity index (χ0n) is 24.8. The minimum absolute atomic E-state index is 0.0259. The molecule has 7 heteroatoms. The number of nitrogens with one attached hydrogen (secondary N) is 1. The van der Waals surface area contributed by atoms with E-state index in [0.717, 1.165) is 32.1 Å². The van der Waals surface area contributed by atoms with Crippen molar-refractivity contribution >= 4 is 44.0 Å². The number of nitrogens with zero attached hydrogens (tertiary/aromatic N) is 1. The zero-order valence-corrected chi connectivity index (χ0v) is 27.9. The number of phenols is 1. The van der Waals surface area contributed by atoms with Crippen LogP contribution in [0.2, 0.25) is 0 Å². The van der Waals surface area contributed by atoms with Crippen LogP contribution >= 0.6 is 31.9 Å². The van der Waals surface area contributed by atoms with Gasteiger partial charge in [-0.25, -0.2) is 5.43 Å². The summed E-state index contributed by atoms with van der Waals surface area (Å²) in [5, 5.41) is 15.0. The molecule has 0 aliphatic heterocycles. The molecule has 0 saturated heterocycles. The van der Waals surface area contributed by atoms with Crippen molar-refractivity contribution in [1.82, 2.24) is 5.43 Å².